The summed E-state index contributed by atoms with van der Waals surface area (Å²) in [5.41, 5.74) is 0. The molecule has 16 heavy (non-hydrogen) atoms. The number of carbonyl (C=O) groups is 1. The summed E-state index contributed by atoms with van der Waals surface area (Å²) in [6.07, 6.45) is 12.5. The molecule has 0 saturated heterocycles. The van der Waals surface area contributed by atoms with Crippen LogP contribution in [-0.2, 0) is 4.79 Å². The van der Waals surface area contributed by atoms with Gasteiger partial charge in [0.2, 0.25) is 0 Å². The van der Waals surface area contributed by atoms with Gasteiger partial charge < -0.3 is 4.79 Å². The van der Waals surface area contributed by atoms with Gasteiger partial charge in [-0.3, -0.25) is 0 Å². The monoisotopic (exact) mass is 238 g/mol. The zero-order chi connectivity index (χ0) is 11.8. The van der Waals surface area contributed by atoms with Crippen LogP contribution in [0.2, 0.25) is 0 Å². The molecular weight excluding hydrogens is 216 g/mol. The number of hydrogen-bond donors (Lipinski definition) is 0. The first-order valence-corrected chi connectivity index (χ1v) is 7.16. The molecule has 1 heterocycles. The van der Waals surface area contributed by atoms with Gasteiger partial charge in [-0.25, -0.2) is 0 Å². The van der Waals surface area contributed by atoms with Gasteiger partial charge in [0.25, 0.3) is 0 Å². The molecule has 0 N–H and O–H groups in total. The lowest BCUT2D eigenvalue weighted by molar-refractivity contribution is -0.108. The minimum absolute atomic E-state index is 0.0277. The van der Waals surface area contributed by atoms with Crippen LogP contribution in [0.15, 0.2) is 22.0 Å². The third-order valence-electron chi connectivity index (χ3n) is 2.73. The smallest absolute Gasteiger partial charge is 0.130 e. The third-order valence-corrected chi connectivity index (χ3v) is 3.93. The van der Waals surface area contributed by atoms with Crippen molar-refractivity contribution in [3.8, 4) is 0 Å². The van der Waals surface area contributed by atoms with E-state index in [9.17, 15) is 4.79 Å². The molecule has 0 spiro atoms. The van der Waals surface area contributed by atoms with Crippen molar-refractivity contribution < 1.29 is 4.79 Å². The van der Waals surface area contributed by atoms with Crippen LogP contribution in [0.1, 0.15) is 52.4 Å². The highest BCUT2D eigenvalue weighted by molar-refractivity contribution is 8.06. The lowest BCUT2D eigenvalue weighted by atomic mass is 10.1. The van der Waals surface area contributed by atoms with E-state index in [1.165, 1.54) is 35.5 Å². The van der Waals surface area contributed by atoms with Gasteiger partial charge in [-0.05, 0) is 35.5 Å². The van der Waals surface area contributed by atoms with E-state index in [4.69, 9.17) is 0 Å². The molecule has 1 aliphatic rings. The van der Waals surface area contributed by atoms with E-state index < -0.39 is 0 Å². The van der Waals surface area contributed by atoms with E-state index >= 15 is 0 Å². The van der Waals surface area contributed by atoms with Crippen molar-refractivity contribution in [3.63, 3.8) is 0 Å². The van der Waals surface area contributed by atoms with E-state index in [1.54, 1.807) is 0 Å². The van der Waals surface area contributed by atoms with Gasteiger partial charge in [0, 0.05) is 0 Å². The summed E-state index contributed by atoms with van der Waals surface area (Å²) < 4.78 is 0. The van der Waals surface area contributed by atoms with Crippen LogP contribution in [0, 0.1) is 5.92 Å². The summed E-state index contributed by atoms with van der Waals surface area (Å²) in [4.78, 5) is 13.7. The number of hydrogen-bond acceptors (Lipinski definition) is 2. The maximum atomic E-state index is 10.9. The highest BCUT2D eigenvalue weighted by atomic mass is 32.2. The first-order valence-electron chi connectivity index (χ1n) is 6.34. The largest absolute Gasteiger partial charge is 0.302 e. The van der Waals surface area contributed by atoms with Crippen molar-refractivity contribution in [2.75, 3.05) is 0 Å². The quantitative estimate of drug-likeness (QED) is 0.598. The molecule has 0 unspecified atom stereocenters. The fourth-order valence-electron chi connectivity index (χ4n) is 1.76. The molecule has 0 atom stereocenters. The first-order chi connectivity index (χ1) is 7.80. The van der Waals surface area contributed by atoms with E-state index in [0.29, 0.717) is 0 Å². The second-order valence-corrected chi connectivity index (χ2v) is 5.54. The average molecular weight is 238 g/mol. The fourth-order valence-corrected chi connectivity index (χ4v) is 3.04. The van der Waals surface area contributed by atoms with Gasteiger partial charge in [-0.2, -0.15) is 0 Å². The van der Waals surface area contributed by atoms with E-state index in [2.05, 4.69) is 26.0 Å². The van der Waals surface area contributed by atoms with E-state index in [-0.39, 0.29) is 5.92 Å². The number of unbranched alkanes of at least 4 members (excludes halogenated alkanes) is 2. The predicted octanol–water partition coefficient (Wildman–Crippen LogP) is 4.70. The van der Waals surface area contributed by atoms with Gasteiger partial charge in [-0.15, -0.1) is 0 Å². The van der Waals surface area contributed by atoms with Crippen LogP contribution in [-0.4, -0.2) is 6.29 Å². The Labute approximate surface area is 103 Å². The molecule has 0 aliphatic carbocycles. The molecule has 0 fully saturated rings. The van der Waals surface area contributed by atoms with Crippen molar-refractivity contribution >= 4 is 18.0 Å². The maximum absolute atomic E-state index is 10.9. The molecule has 0 amide bonds. The predicted molar refractivity (Wildman–Crippen MR) is 72.4 cm³/mol. The van der Waals surface area contributed by atoms with Crippen molar-refractivity contribution in [1.29, 1.82) is 0 Å². The Kier molecular flexibility index (Phi) is 6.55. The molecule has 1 nitrogen and oxygen atoms in total. The Morgan fingerprint density at radius 2 is 1.62 bits per heavy atom. The Morgan fingerprint density at radius 1 is 1.12 bits per heavy atom. The maximum Gasteiger partial charge on any atom is 0.130 e. The standard InChI is InChI=1S/C14H22OS/c1-3-5-7-13-9-12(11-15)10-14(16-13)8-6-4-2/h9-12H,3-8H2,1-2H3. The summed E-state index contributed by atoms with van der Waals surface area (Å²) in [6, 6.07) is 0. The molecule has 90 valence electrons. The molecule has 2 heteroatoms. The van der Waals surface area contributed by atoms with E-state index in [1.807, 2.05) is 11.8 Å². The van der Waals surface area contributed by atoms with Crippen molar-refractivity contribution in [3.05, 3.63) is 22.0 Å². The second-order valence-electron chi connectivity index (χ2n) is 4.29. The lowest BCUT2D eigenvalue weighted by Gasteiger charge is -2.17. The molecule has 0 aromatic heterocycles. The topological polar surface area (TPSA) is 17.1 Å². The van der Waals surface area contributed by atoms with Crippen LogP contribution >= 0.6 is 11.8 Å². The number of aldehydes is 1. The summed E-state index contributed by atoms with van der Waals surface area (Å²) >= 11 is 1.89. The molecule has 0 saturated carbocycles. The van der Waals surface area contributed by atoms with Crippen molar-refractivity contribution in [1.82, 2.24) is 0 Å². The zero-order valence-corrected chi connectivity index (χ0v) is 11.2. The van der Waals surface area contributed by atoms with Gasteiger partial charge in [-0.1, -0.05) is 50.6 Å². The molecular formula is C14H22OS. The summed E-state index contributed by atoms with van der Waals surface area (Å²) in [5.74, 6) is 0.0277. The second kappa shape index (κ2) is 7.72. The van der Waals surface area contributed by atoms with Crippen molar-refractivity contribution in [2.24, 2.45) is 5.92 Å². The van der Waals surface area contributed by atoms with E-state index in [0.717, 1.165) is 19.1 Å². The Hall–Kier alpha value is -0.500. The SMILES string of the molecule is CCCCC1=CC(C=O)C=C(CCCC)S1. The molecule has 0 aromatic rings. The zero-order valence-electron chi connectivity index (χ0n) is 10.4. The summed E-state index contributed by atoms with van der Waals surface area (Å²) in [5, 5.41) is 0. The van der Waals surface area contributed by atoms with Crippen LogP contribution in [0.5, 0.6) is 0 Å². The van der Waals surface area contributed by atoms with Gasteiger partial charge >= 0.3 is 0 Å². The minimum atomic E-state index is 0.0277. The van der Waals surface area contributed by atoms with Crippen molar-refractivity contribution in [2.45, 2.75) is 52.4 Å². The number of rotatable bonds is 7. The summed E-state index contributed by atoms with van der Waals surface area (Å²) in [7, 11) is 0. The normalized spacial score (nSPS) is 16.9. The van der Waals surface area contributed by atoms with Gasteiger partial charge in [0.15, 0.2) is 0 Å². The fraction of sp³-hybridized carbons (Fsp3) is 0.643. The van der Waals surface area contributed by atoms with Crippen LogP contribution in [0.25, 0.3) is 0 Å². The van der Waals surface area contributed by atoms with Gasteiger partial charge in [0.05, 0.1) is 5.92 Å². The van der Waals surface area contributed by atoms with Gasteiger partial charge in [0.1, 0.15) is 6.29 Å². The Morgan fingerprint density at radius 3 is 2.00 bits per heavy atom. The molecule has 0 bridgehead atoms. The number of carbonyl (C=O) groups excluding carboxylic acids is 1. The number of thioether (sulfide) groups is 1. The molecule has 1 rings (SSSR count). The third kappa shape index (κ3) is 4.56. The Bertz CT molecular complexity index is 254. The summed E-state index contributed by atoms with van der Waals surface area (Å²) in [6.45, 7) is 4.41. The molecule has 1 aliphatic heterocycles. The number of allylic oxidation sites excluding steroid dienone is 4. The average Bonchev–Trinajstić information content (AvgIpc) is 2.33. The molecule has 0 radical (unpaired) electrons. The first kappa shape index (κ1) is 13.6. The van der Waals surface area contributed by atoms with Crippen LogP contribution in [0.3, 0.4) is 0 Å². The van der Waals surface area contributed by atoms with Crippen LogP contribution < -0.4 is 0 Å². The highest BCUT2D eigenvalue weighted by Gasteiger charge is 2.13. The Balaban J connectivity index is 2.55. The highest BCUT2D eigenvalue weighted by Crippen LogP contribution is 2.37. The molecule has 0 aromatic carbocycles. The lowest BCUT2D eigenvalue weighted by Crippen LogP contribution is -2.01. The minimum Gasteiger partial charge on any atom is -0.302 e. The van der Waals surface area contributed by atoms with Crippen LogP contribution in [0.4, 0.5) is 0 Å².